The van der Waals surface area contributed by atoms with E-state index < -0.39 is 0 Å². The van der Waals surface area contributed by atoms with Gasteiger partial charge in [0, 0.05) is 12.6 Å². The third kappa shape index (κ3) is 6.21. The molecule has 17 heavy (non-hydrogen) atoms. The lowest BCUT2D eigenvalue weighted by Crippen LogP contribution is -2.07. The highest BCUT2D eigenvalue weighted by Crippen LogP contribution is 2.10. The van der Waals surface area contributed by atoms with Gasteiger partial charge in [0.1, 0.15) is 11.6 Å². The van der Waals surface area contributed by atoms with Gasteiger partial charge in [0.2, 0.25) is 5.95 Å². The summed E-state index contributed by atoms with van der Waals surface area (Å²) in [6.45, 7) is 0.898. The quantitative estimate of drug-likeness (QED) is 0.615. The molecule has 6 heteroatoms. The molecule has 0 aliphatic carbocycles. The Morgan fingerprint density at radius 2 is 1.94 bits per heavy atom. The fourth-order valence-electron chi connectivity index (χ4n) is 1.52. The maximum atomic E-state index is 5.57. The molecule has 0 spiro atoms. The fourth-order valence-corrected chi connectivity index (χ4v) is 2.01. The summed E-state index contributed by atoms with van der Waals surface area (Å²) in [6.07, 6.45) is 7.11. The second-order valence-electron chi connectivity index (χ2n) is 3.87. The molecule has 0 atom stereocenters. The minimum Gasteiger partial charge on any atom is -0.383 e. The number of thioether (sulfide) groups is 1. The second kappa shape index (κ2) is 8.00. The minimum atomic E-state index is 0.215. The SMILES string of the molecule is CSCCCCCCNc1cc(N)nc(N)n1. The van der Waals surface area contributed by atoms with E-state index in [0.29, 0.717) is 11.6 Å². The van der Waals surface area contributed by atoms with E-state index in [1.165, 1.54) is 25.0 Å². The number of anilines is 3. The van der Waals surface area contributed by atoms with Crippen LogP contribution in [0.2, 0.25) is 0 Å². The van der Waals surface area contributed by atoms with E-state index in [1.807, 2.05) is 11.8 Å². The van der Waals surface area contributed by atoms with Crippen molar-refractivity contribution in [1.82, 2.24) is 9.97 Å². The lowest BCUT2D eigenvalue weighted by Gasteiger charge is -2.06. The van der Waals surface area contributed by atoms with Gasteiger partial charge in [-0.3, -0.25) is 0 Å². The Kier molecular flexibility index (Phi) is 6.54. The maximum absolute atomic E-state index is 5.57. The van der Waals surface area contributed by atoms with Crippen LogP contribution in [0.4, 0.5) is 17.6 Å². The third-order valence-electron chi connectivity index (χ3n) is 2.34. The van der Waals surface area contributed by atoms with E-state index in [9.17, 15) is 0 Å². The van der Waals surface area contributed by atoms with Crippen LogP contribution in [0.25, 0.3) is 0 Å². The highest BCUT2D eigenvalue weighted by molar-refractivity contribution is 7.98. The molecule has 0 bridgehead atoms. The molecule has 1 heterocycles. The average molecular weight is 255 g/mol. The highest BCUT2D eigenvalue weighted by Gasteiger charge is 1.98. The molecule has 1 aromatic heterocycles. The van der Waals surface area contributed by atoms with Crippen LogP contribution in [-0.2, 0) is 0 Å². The molecule has 0 saturated heterocycles. The van der Waals surface area contributed by atoms with Gasteiger partial charge in [0.15, 0.2) is 0 Å². The molecule has 0 aromatic carbocycles. The second-order valence-corrected chi connectivity index (χ2v) is 4.86. The summed E-state index contributed by atoms with van der Waals surface area (Å²) >= 11 is 1.91. The lowest BCUT2D eigenvalue weighted by molar-refractivity contribution is 0.688. The predicted octanol–water partition coefficient (Wildman–Crippen LogP) is 1.98. The van der Waals surface area contributed by atoms with E-state index in [1.54, 1.807) is 6.07 Å². The molecule has 0 unspecified atom stereocenters. The number of unbranched alkanes of at least 4 members (excludes halogenated alkanes) is 3. The van der Waals surface area contributed by atoms with Crippen LogP contribution >= 0.6 is 11.8 Å². The summed E-state index contributed by atoms with van der Waals surface area (Å²) < 4.78 is 0. The number of nitrogens with one attached hydrogen (secondary N) is 1. The number of aromatic nitrogens is 2. The zero-order chi connectivity index (χ0) is 12.5. The van der Waals surface area contributed by atoms with Crippen molar-refractivity contribution in [3.05, 3.63) is 6.07 Å². The van der Waals surface area contributed by atoms with Crippen molar-refractivity contribution >= 4 is 29.3 Å². The molecule has 1 aromatic rings. The number of hydrogen-bond acceptors (Lipinski definition) is 6. The summed E-state index contributed by atoms with van der Waals surface area (Å²) in [5.74, 6) is 2.58. The van der Waals surface area contributed by atoms with Gasteiger partial charge in [-0.05, 0) is 24.9 Å². The number of nitrogens with zero attached hydrogens (tertiary/aromatic N) is 2. The third-order valence-corrected chi connectivity index (χ3v) is 3.04. The maximum Gasteiger partial charge on any atom is 0.223 e. The van der Waals surface area contributed by atoms with Crippen molar-refractivity contribution < 1.29 is 0 Å². The van der Waals surface area contributed by atoms with Crippen LogP contribution in [0.3, 0.4) is 0 Å². The van der Waals surface area contributed by atoms with Crippen LogP contribution in [0.1, 0.15) is 25.7 Å². The molecule has 0 aliphatic rings. The summed E-state index contributed by atoms with van der Waals surface area (Å²) in [6, 6.07) is 1.70. The van der Waals surface area contributed by atoms with E-state index >= 15 is 0 Å². The van der Waals surface area contributed by atoms with Crippen molar-refractivity contribution in [3.63, 3.8) is 0 Å². The van der Waals surface area contributed by atoms with Gasteiger partial charge in [0.25, 0.3) is 0 Å². The Morgan fingerprint density at radius 1 is 1.18 bits per heavy atom. The summed E-state index contributed by atoms with van der Waals surface area (Å²) in [7, 11) is 0. The number of nitrogens with two attached hydrogens (primary N) is 2. The molecular formula is C11H21N5S. The van der Waals surface area contributed by atoms with Gasteiger partial charge in [-0.1, -0.05) is 12.8 Å². The predicted molar refractivity (Wildman–Crippen MR) is 76.2 cm³/mol. The largest absolute Gasteiger partial charge is 0.383 e. The number of nitrogen functional groups attached to an aromatic ring is 2. The number of hydrogen-bond donors (Lipinski definition) is 3. The average Bonchev–Trinajstić information content (AvgIpc) is 2.26. The van der Waals surface area contributed by atoms with Crippen LogP contribution < -0.4 is 16.8 Å². The fraction of sp³-hybridized carbons (Fsp3) is 0.636. The van der Waals surface area contributed by atoms with Gasteiger partial charge in [0.05, 0.1) is 0 Å². The van der Waals surface area contributed by atoms with Crippen LogP contribution in [-0.4, -0.2) is 28.5 Å². The molecule has 96 valence electrons. The minimum absolute atomic E-state index is 0.215. The highest BCUT2D eigenvalue weighted by atomic mass is 32.2. The Morgan fingerprint density at radius 3 is 2.65 bits per heavy atom. The monoisotopic (exact) mass is 255 g/mol. The van der Waals surface area contributed by atoms with E-state index in [-0.39, 0.29) is 5.95 Å². The summed E-state index contributed by atoms with van der Waals surface area (Å²) in [5, 5.41) is 3.20. The first kappa shape index (κ1) is 13.9. The molecule has 0 amide bonds. The first-order chi connectivity index (χ1) is 8.22. The van der Waals surface area contributed by atoms with Gasteiger partial charge >= 0.3 is 0 Å². The zero-order valence-electron chi connectivity index (χ0n) is 10.3. The number of rotatable bonds is 8. The first-order valence-electron chi connectivity index (χ1n) is 5.85. The Balaban J connectivity index is 2.13. The summed E-state index contributed by atoms with van der Waals surface area (Å²) in [5.41, 5.74) is 11.1. The van der Waals surface area contributed by atoms with Crippen molar-refractivity contribution in [2.24, 2.45) is 0 Å². The van der Waals surface area contributed by atoms with E-state index in [0.717, 1.165) is 13.0 Å². The Labute approximate surface area is 107 Å². The topological polar surface area (TPSA) is 89.8 Å². The Bertz CT molecular complexity index is 311. The first-order valence-corrected chi connectivity index (χ1v) is 7.24. The zero-order valence-corrected chi connectivity index (χ0v) is 11.1. The van der Waals surface area contributed by atoms with E-state index in [4.69, 9.17) is 11.5 Å². The molecule has 1 rings (SSSR count). The molecule has 5 nitrogen and oxygen atoms in total. The molecule has 0 aliphatic heterocycles. The molecular weight excluding hydrogens is 234 g/mol. The molecule has 0 fully saturated rings. The van der Waals surface area contributed by atoms with E-state index in [2.05, 4.69) is 21.5 Å². The molecule has 5 N–H and O–H groups in total. The van der Waals surface area contributed by atoms with Gasteiger partial charge < -0.3 is 16.8 Å². The van der Waals surface area contributed by atoms with Gasteiger partial charge in [-0.25, -0.2) is 0 Å². The molecule has 0 saturated carbocycles. The van der Waals surface area contributed by atoms with Crippen molar-refractivity contribution in [2.75, 3.05) is 35.3 Å². The standard InChI is InChI=1S/C11H21N5S/c1-17-7-5-3-2-4-6-14-10-8-9(12)15-11(13)16-10/h8H,2-7H2,1H3,(H5,12,13,14,15,16). The van der Waals surface area contributed by atoms with Gasteiger partial charge in [-0.2, -0.15) is 21.7 Å². The van der Waals surface area contributed by atoms with Crippen molar-refractivity contribution in [3.8, 4) is 0 Å². The van der Waals surface area contributed by atoms with Crippen LogP contribution in [0.15, 0.2) is 6.07 Å². The van der Waals surface area contributed by atoms with Crippen LogP contribution in [0, 0.1) is 0 Å². The lowest BCUT2D eigenvalue weighted by atomic mass is 10.2. The Hall–Kier alpha value is -1.17. The van der Waals surface area contributed by atoms with Crippen molar-refractivity contribution in [2.45, 2.75) is 25.7 Å². The van der Waals surface area contributed by atoms with Crippen LogP contribution in [0.5, 0.6) is 0 Å². The molecule has 0 radical (unpaired) electrons. The smallest absolute Gasteiger partial charge is 0.223 e. The van der Waals surface area contributed by atoms with Crippen molar-refractivity contribution in [1.29, 1.82) is 0 Å². The normalized spacial score (nSPS) is 10.4. The van der Waals surface area contributed by atoms with Gasteiger partial charge in [-0.15, -0.1) is 0 Å². The summed E-state index contributed by atoms with van der Waals surface area (Å²) in [4.78, 5) is 7.87.